The molecule has 1 aliphatic heterocycles. The molecule has 1 aliphatic rings. The zero-order valence-electron chi connectivity index (χ0n) is 19.1. The van der Waals surface area contributed by atoms with E-state index in [0.29, 0.717) is 27.2 Å². The number of benzene rings is 3. The first kappa shape index (κ1) is 24.9. The highest BCUT2D eigenvalue weighted by molar-refractivity contribution is 9.10. The quantitative estimate of drug-likeness (QED) is 0.311. The van der Waals surface area contributed by atoms with Crippen LogP contribution >= 0.6 is 15.9 Å². The van der Waals surface area contributed by atoms with Crippen LogP contribution in [-0.2, 0) is 16.2 Å². The maximum Gasteiger partial charge on any atom is 0.329 e. The third-order valence-electron chi connectivity index (χ3n) is 5.22. The Morgan fingerprint density at radius 2 is 1.83 bits per heavy atom. The summed E-state index contributed by atoms with van der Waals surface area (Å²) < 4.78 is 24.6. The molecule has 1 fully saturated rings. The van der Waals surface area contributed by atoms with Crippen LogP contribution in [-0.4, -0.2) is 36.4 Å². The van der Waals surface area contributed by atoms with Crippen LogP contribution in [0.25, 0.3) is 6.08 Å². The summed E-state index contributed by atoms with van der Waals surface area (Å²) in [5.41, 5.74) is 1.90. The van der Waals surface area contributed by atoms with Crippen LogP contribution in [0.1, 0.15) is 11.1 Å². The highest BCUT2D eigenvalue weighted by Gasteiger charge is 2.35. The van der Waals surface area contributed by atoms with Crippen LogP contribution in [0.5, 0.6) is 11.5 Å². The van der Waals surface area contributed by atoms with Crippen molar-refractivity contribution in [3.63, 3.8) is 0 Å². The van der Waals surface area contributed by atoms with Crippen molar-refractivity contribution < 1.29 is 28.2 Å². The van der Waals surface area contributed by atoms with Crippen LogP contribution in [0, 0.1) is 5.82 Å². The number of carbonyl (C=O) groups excluding carboxylic acids is 3. The first-order chi connectivity index (χ1) is 17.3. The standard InChI is InChI=1S/C26H21BrFN3O5/c1-35-23-5-3-2-4-20(23)29-24(32)14-31-25(33)21(30-26(31)34)13-17-8-11-22(19(27)12-17)36-15-16-6-9-18(28)10-7-16/h2-13H,14-15H2,1H3,(H,29,32)(H,30,34)/b21-13+. The average Bonchev–Trinajstić information content (AvgIpc) is 3.12. The number of rotatable bonds is 8. The molecule has 0 atom stereocenters. The molecule has 0 bridgehead atoms. The minimum absolute atomic E-state index is 0.0389. The predicted octanol–water partition coefficient (Wildman–Crippen LogP) is 4.71. The first-order valence-corrected chi connectivity index (χ1v) is 11.6. The molecule has 184 valence electrons. The van der Waals surface area contributed by atoms with Gasteiger partial charge in [0.25, 0.3) is 5.91 Å². The van der Waals surface area contributed by atoms with Gasteiger partial charge in [-0.05, 0) is 69.5 Å². The number of nitrogens with zero attached hydrogens (tertiary/aromatic N) is 1. The summed E-state index contributed by atoms with van der Waals surface area (Å²) in [5.74, 6) is -0.476. The van der Waals surface area contributed by atoms with Gasteiger partial charge in [-0.3, -0.25) is 9.59 Å². The molecule has 1 saturated heterocycles. The van der Waals surface area contributed by atoms with Crippen molar-refractivity contribution in [2.24, 2.45) is 0 Å². The molecule has 0 aromatic heterocycles. The topological polar surface area (TPSA) is 97.0 Å². The first-order valence-electron chi connectivity index (χ1n) is 10.8. The Labute approximate surface area is 214 Å². The van der Waals surface area contributed by atoms with E-state index in [1.165, 1.54) is 25.3 Å². The summed E-state index contributed by atoms with van der Waals surface area (Å²) >= 11 is 3.44. The zero-order valence-corrected chi connectivity index (χ0v) is 20.7. The Bertz CT molecular complexity index is 1340. The van der Waals surface area contributed by atoms with Crippen molar-refractivity contribution in [1.82, 2.24) is 10.2 Å². The fraction of sp³-hybridized carbons (Fsp3) is 0.115. The van der Waals surface area contributed by atoms with E-state index < -0.39 is 24.4 Å². The van der Waals surface area contributed by atoms with Gasteiger partial charge in [-0.15, -0.1) is 0 Å². The number of ether oxygens (including phenoxy) is 2. The molecule has 0 spiro atoms. The van der Waals surface area contributed by atoms with Crippen LogP contribution in [0.15, 0.2) is 76.9 Å². The fourth-order valence-electron chi connectivity index (χ4n) is 3.43. The fourth-order valence-corrected chi connectivity index (χ4v) is 3.94. The summed E-state index contributed by atoms with van der Waals surface area (Å²) in [5, 5.41) is 5.13. The van der Waals surface area contributed by atoms with Gasteiger partial charge in [0.2, 0.25) is 5.91 Å². The molecule has 10 heteroatoms. The number of hydrogen-bond donors (Lipinski definition) is 2. The normalized spacial score (nSPS) is 14.1. The van der Waals surface area contributed by atoms with Crippen molar-refractivity contribution in [3.05, 3.63) is 93.8 Å². The second-order valence-electron chi connectivity index (χ2n) is 7.73. The third-order valence-corrected chi connectivity index (χ3v) is 5.84. The summed E-state index contributed by atoms with van der Waals surface area (Å²) in [6.45, 7) is -0.209. The second-order valence-corrected chi connectivity index (χ2v) is 8.59. The Morgan fingerprint density at radius 3 is 2.56 bits per heavy atom. The number of nitrogens with one attached hydrogen (secondary N) is 2. The number of imide groups is 1. The van der Waals surface area contributed by atoms with Gasteiger partial charge in [-0.1, -0.05) is 30.3 Å². The number of methoxy groups -OCH3 is 1. The molecule has 0 unspecified atom stereocenters. The van der Waals surface area contributed by atoms with Crippen molar-refractivity contribution >= 4 is 45.5 Å². The number of anilines is 1. The molecule has 4 rings (SSSR count). The van der Waals surface area contributed by atoms with Crippen molar-refractivity contribution in [2.75, 3.05) is 19.0 Å². The van der Waals surface area contributed by atoms with Gasteiger partial charge in [-0.2, -0.15) is 0 Å². The minimum atomic E-state index is -0.695. The molecule has 3 aromatic rings. The van der Waals surface area contributed by atoms with E-state index in [-0.39, 0.29) is 18.1 Å². The van der Waals surface area contributed by atoms with Crippen LogP contribution in [0.3, 0.4) is 0 Å². The second kappa shape index (κ2) is 11.0. The molecule has 0 aliphatic carbocycles. The van der Waals surface area contributed by atoms with E-state index in [2.05, 4.69) is 26.6 Å². The molecule has 1 heterocycles. The summed E-state index contributed by atoms with van der Waals surface area (Å²) in [4.78, 5) is 38.4. The van der Waals surface area contributed by atoms with Gasteiger partial charge in [0.15, 0.2) is 0 Å². The molecule has 0 radical (unpaired) electrons. The molecular formula is C26H21BrFN3O5. The highest BCUT2D eigenvalue weighted by atomic mass is 79.9. The number of carbonyl (C=O) groups is 3. The summed E-state index contributed by atoms with van der Waals surface area (Å²) in [7, 11) is 1.47. The Balaban J connectivity index is 1.40. The zero-order chi connectivity index (χ0) is 25.7. The van der Waals surface area contributed by atoms with Gasteiger partial charge in [0.05, 0.1) is 17.3 Å². The Morgan fingerprint density at radius 1 is 1.08 bits per heavy atom. The van der Waals surface area contributed by atoms with E-state index in [4.69, 9.17) is 9.47 Å². The molecule has 8 nitrogen and oxygen atoms in total. The van der Waals surface area contributed by atoms with Gasteiger partial charge in [-0.25, -0.2) is 14.1 Å². The number of amides is 4. The third kappa shape index (κ3) is 5.89. The van der Waals surface area contributed by atoms with E-state index in [1.54, 1.807) is 54.6 Å². The van der Waals surface area contributed by atoms with E-state index in [0.717, 1.165) is 10.5 Å². The van der Waals surface area contributed by atoms with Crippen LogP contribution in [0.4, 0.5) is 14.9 Å². The molecular weight excluding hydrogens is 533 g/mol. The highest BCUT2D eigenvalue weighted by Crippen LogP contribution is 2.28. The largest absolute Gasteiger partial charge is 0.495 e. The average molecular weight is 554 g/mol. The van der Waals surface area contributed by atoms with Crippen molar-refractivity contribution in [1.29, 1.82) is 0 Å². The van der Waals surface area contributed by atoms with E-state index in [1.807, 2.05) is 0 Å². The number of para-hydroxylation sites is 2. The lowest BCUT2D eigenvalue weighted by atomic mass is 10.2. The molecule has 0 saturated carbocycles. The molecule has 36 heavy (non-hydrogen) atoms. The predicted molar refractivity (Wildman–Crippen MR) is 135 cm³/mol. The SMILES string of the molecule is COc1ccccc1NC(=O)CN1C(=O)N/C(=C/c2ccc(OCc3ccc(F)cc3)c(Br)c2)C1=O. The molecule has 3 aromatic carbocycles. The smallest absolute Gasteiger partial charge is 0.329 e. The summed E-state index contributed by atoms with van der Waals surface area (Å²) in [6.07, 6.45) is 1.51. The van der Waals surface area contributed by atoms with Gasteiger partial charge >= 0.3 is 6.03 Å². The Hall–Kier alpha value is -4.18. The van der Waals surface area contributed by atoms with Gasteiger partial charge in [0.1, 0.15) is 36.2 Å². The molecule has 2 N–H and O–H groups in total. The number of urea groups is 1. The van der Waals surface area contributed by atoms with Gasteiger partial charge in [0, 0.05) is 0 Å². The maximum absolute atomic E-state index is 13.0. The van der Waals surface area contributed by atoms with Gasteiger partial charge < -0.3 is 20.1 Å². The number of halogens is 2. The monoisotopic (exact) mass is 553 g/mol. The maximum atomic E-state index is 13.0. The molecule has 4 amide bonds. The van der Waals surface area contributed by atoms with Crippen molar-refractivity contribution in [3.8, 4) is 11.5 Å². The minimum Gasteiger partial charge on any atom is -0.495 e. The van der Waals surface area contributed by atoms with Crippen LogP contribution in [0.2, 0.25) is 0 Å². The Kier molecular flexibility index (Phi) is 7.65. The lowest BCUT2D eigenvalue weighted by Gasteiger charge is -2.13. The van der Waals surface area contributed by atoms with Crippen molar-refractivity contribution in [2.45, 2.75) is 6.61 Å². The van der Waals surface area contributed by atoms with E-state index >= 15 is 0 Å². The number of hydrogen-bond acceptors (Lipinski definition) is 5. The lowest BCUT2D eigenvalue weighted by Crippen LogP contribution is -2.38. The van der Waals surface area contributed by atoms with E-state index in [9.17, 15) is 18.8 Å². The lowest BCUT2D eigenvalue weighted by molar-refractivity contribution is -0.127. The van der Waals surface area contributed by atoms with Crippen LogP contribution < -0.4 is 20.1 Å². The summed E-state index contributed by atoms with van der Waals surface area (Å²) in [6, 6.07) is 17.3.